The van der Waals surface area contributed by atoms with E-state index in [-0.39, 0.29) is 5.56 Å². The van der Waals surface area contributed by atoms with Crippen LogP contribution in [0, 0.1) is 0 Å². The number of nitrogens with one attached hydrogen (secondary N) is 4. The maximum Gasteiger partial charge on any atom is 0.252 e. The maximum atomic E-state index is 11.0. The number of aromatic amines is 1. The van der Waals surface area contributed by atoms with Crippen LogP contribution in [-0.4, -0.2) is 15.1 Å². The Morgan fingerprint density at radius 2 is 2.06 bits per heavy atom. The molecular weight excluding hydrogens is 250 g/mol. The molecule has 0 spiro atoms. The molecule has 92 valence electrons. The van der Waals surface area contributed by atoms with E-state index in [2.05, 4.69) is 26.1 Å². The second-order valence-electron chi connectivity index (χ2n) is 3.37. The molecule has 4 N–H and O–H groups in total. The Labute approximate surface area is 108 Å². The van der Waals surface area contributed by atoms with Gasteiger partial charge in [0, 0.05) is 11.8 Å². The quantitative estimate of drug-likeness (QED) is 0.489. The van der Waals surface area contributed by atoms with Gasteiger partial charge in [0.1, 0.15) is 0 Å². The van der Waals surface area contributed by atoms with Gasteiger partial charge in [-0.3, -0.25) is 15.6 Å². The number of thiocarbonyl (C=S) groups is 1. The number of hydrazine groups is 1. The van der Waals surface area contributed by atoms with E-state index in [1.54, 1.807) is 0 Å². The fraction of sp³-hybridized carbons (Fsp3) is 0. The van der Waals surface area contributed by atoms with Gasteiger partial charge in [0.05, 0.1) is 6.33 Å². The Kier molecular flexibility index (Phi) is 3.87. The molecule has 6 nitrogen and oxygen atoms in total. The van der Waals surface area contributed by atoms with Crippen LogP contribution in [0.4, 0.5) is 11.5 Å². The molecule has 0 amide bonds. The van der Waals surface area contributed by atoms with E-state index < -0.39 is 0 Å². The second kappa shape index (κ2) is 5.78. The minimum Gasteiger partial charge on any atom is -0.331 e. The average Bonchev–Trinajstić information content (AvgIpc) is 2.38. The zero-order chi connectivity index (χ0) is 12.8. The maximum absolute atomic E-state index is 11.0. The topological polar surface area (TPSA) is 81.8 Å². The Morgan fingerprint density at radius 3 is 2.78 bits per heavy atom. The number of anilines is 2. The monoisotopic (exact) mass is 261 g/mol. The molecule has 0 atom stereocenters. The van der Waals surface area contributed by atoms with Crippen LogP contribution >= 0.6 is 12.2 Å². The standard InChI is InChI=1S/C11H11N5OS/c17-10-6-9(12-7-13-10)15-16-11(18)14-8-4-2-1-3-5-8/h1-7H,(H2,14,16,18)(H2,12,13,15,17). The smallest absolute Gasteiger partial charge is 0.252 e. The molecule has 0 saturated heterocycles. The van der Waals surface area contributed by atoms with Crippen LogP contribution in [-0.2, 0) is 0 Å². The first-order valence-electron chi connectivity index (χ1n) is 5.17. The van der Waals surface area contributed by atoms with E-state index in [0.717, 1.165) is 5.69 Å². The lowest BCUT2D eigenvalue weighted by Crippen LogP contribution is -2.34. The van der Waals surface area contributed by atoms with E-state index >= 15 is 0 Å². The molecule has 1 heterocycles. The highest BCUT2D eigenvalue weighted by Crippen LogP contribution is 2.04. The van der Waals surface area contributed by atoms with Crippen molar-refractivity contribution < 1.29 is 0 Å². The molecule has 0 bridgehead atoms. The van der Waals surface area contributed by atoms with Crippen LogP contribution in [0.2, 0.25) is 0 Å². The van der Waals surface area contributed by atoms with E-state index in [1.807, 2.05) is 30.3 Å². The number of benzene rings is 1. The SMILES string of the molecule is O=c1cc(NNC(=S)Nc2ccccc2)nc[nH]1. The van der Waals surface area contributed by atoms with Crippen molar-refractivity contribution >= 4 is 28.8 Å². The molecule has 0 unspecified atom stereocenters. The summed E-state index contributed by atoms with van der Waals surface area (Å²) in [6.07, 6.45) is 1.31. The van der Waals surface area contributed by atoms with Gasteiger partial charge in [-0.2, -0.15) is 0 Å². The normalized spacial score (nSPS) is 9.56. The van der Waals surface area contributed by atoms with Crippen LogP contribution in [0.3, 0.4) is 0 Å². The van der Waals surface area contributed by atoms with E-state index in [4.69, 9.17) is 12.2 Å². The summed E-state index contributed by atoms with van der Waals surface area (Å²) in [5.41, 5.74) is 6.08. The van der Waals surface area contributed by atoms with Crippen LogP contribution in [0.25, 0.3) is 0 Å². The lowest BCUT2D eigenvalue weighted by atomic mass is 10.3. The molecule has 0 fully saturated rings. The summed E-state index contributed by atoms with van der Waals surface area (Å²) < 4.78 is 0. The summed E-state index contributed by atoms with van der Waals surface area (Å²) in [6, 6.07) is 10.8. The fourth-order valence-corrected chi connectivity index (χ4v) is 1.41. The van der Waals surface area contributed by atoms with Gasteiger partial charge in [-0.05, 0) is 24.4 Å². The highest BCUT2D eigenvalue weighted by atomic mass is 32.1. The second-order valence-corrected chi connectivity index (χ2v) is 3.77. The molecule has 0 radical (unpaired) electrons. The highest BCUT2D eigenvalue weighted by molar-refractivity contribution is 7.80. The summed E-state index contributed by atoms with van der Waals surface area (Å²) in [4.78, 5) is 17.3. The van der Waals surface area contributed by atoms with Crippen molar-refractivity contribution in [3.05, 3.63) is 53.1 Å². The lowest BCUT2D eigenvalue weighted by molar-refractivity contribution is 1.05. The molecule has 7 heteroatoms. The van der Waals surface area contributed by atoms with Crippen LogP contribution in [0.15, 0.2) is 47.5 Å². The first-order chi connectivity index (χ1) is 8.74. The van der Waals surface area contributed by atoms with Gasteiger partial charge in [-0.15, -0.1) is 0 Å². The predicted molar refractivity (Wildman–Crippen MR) is 74.3 cm³/mol. The largest absolute Gasteiger partial charge is 0.331 e. The van der Waals surface area contributed by atoms with Crippen LogP contribution in [0.5, 0.6) is 0 Å². The summed E-state index contributed by atoms with van der Waals surface area (Å²) in [5.74, 6) is 0.385. The number of rotatable bonds is 3. The lowest BCUT2D eigenvalue weighted by Gasteiger charge is -2.11. The summed E-state index contributed by atoms with van der Waals surface area (Å²) in [5, 5.41) is 3.35. The van der Waals surface area contributed by atoms with Gasteiger partial charge in [0.2, 0.25) is 0 Å². The molecule has 0 aliphatic heterocycles. The van der Waals surface area contributed by atoms with Gasteiger partial charge in [-0.25, -0.2) is 4.98 Å². The first kappa shape index (κ1) is 12.1. The van der Waals surface area contributed by atoms with E-state index in [1.165, 1.54) is 12.4 Å². The van der Waals surface area contributed by atoms with Crippen LogP contribution in [0.1, 0.15) is 0 Å². The molecular formula is C11H11N5OS. The number of H-pyrrole nitrogens is 1. The minimum absolute atomic E-state index is 0.240. The highest BCUT2D eigenvalue weighted by Gasteiger charge is 1.97. The molecule has 0 aliphatic carbocycles. The third-order valence-corrected chi connectivity index (χ3v) is 2.22. The average molecular weight is 261 g/mol. The third kappa shape index (κ3) is 3.56. The van der Waals surface area contributed by atoms with E-state index in [9.17, 15) is 4.79 Å². The van der Waals surface area contributed by atoms with Gasteiger partial charge in [-0.1, -0.05) is 18.2 Å². The number of nitrogens with zero attached hydrogens (tertiary/aromatic N) is 1. The molecule has 0 aliphatic rings. The minimum atomic E-state index is -0.240. The number of para-hydroxylation sites is 1. The van der Waals surface area contributed by atoms with Crippen molar-refractivity contribution in [2.24, 2.45) is 0 Å². The Bertz CT molecular complexity index is 583. The third-order valence-electron chi connectivity index (χ3n) is 2.01. The number of hydrogen-bond acceptors (Lipinski definition) is 4. The summed E-state index contributed by atoms with van der Waals surface area (Å²) >= 11 is 5.07. The summed E-state index contributed by atoms with van der Waals surface area (Å²) in [7, 11) is 0. The van der Waals surface area contributed by atoms with Crippen molar-refractivity contribution in [2.75, 3.05) is 10.7 Å². The fourth-order valence-electron chi connectivity index (χ4n) is 1.24. The van der Waals surface area contributed by atoms with Crippen molar-refractivity contribution in [1.29, 1.82) is 0 Å². The van der Waals surface area contributed by atoms with Gasteiger partial charge in [0.25, 0.3) is 5.56 Å². The zero-order valence-electron chi connectivity index (χ0n) is 9.31. The van der Waals surface area contributed by atoms with Gasteiger partial charge < -0.3 is 10.3 Å². The molecule has 18 heavy (non-hydrogen) atoms. The van der Waals surface area contributed by atoms with Gasteiger partial charge >= 0.3 is 0 Å². The number of aromatic nitrogens is 2. The molecule has 1 aromatic heterocycles. The Hall–Kier alpha value is -2.41. The molecule has 2 rings (SSSR count). The van der Waals surface area contributed by atoms with Crippen molar-refractivity contribution in [3.63, 3.8) is 0 Å². The predicted octanol–water partition coefficient (Wildman–Crippen LogP) is 1.08. The zero-order valence-corrected chi connectivity index (χ0v) is 10.1. The first-order valence-corrected chi connectivity index (χ1v) is 5.58. The van der Waals surface area contributed by atoms with Crippen molar-refractivity contribution in [3.8, 4) is 0 Å². The molecule has 1 aromatic carbocycles. The molecule has 0 saturated carbocycles. The number of hydrogen-bond donors (Lipinski definition) is 4. The Morgan fingerprint density at radius 1 is 1.28 bits per heavy atom. The van der Waals surface area contributed by atoms with E-state index in [0.29, 0.717) is 10.9 Å². The van der Waals surface area contributed by atoms with Crippen LogP contribution < -0.4 is 21.7 Å². The van der Waals surface area contributed by atoms with Gasteiger partial charge in [0.15, 0.2) is 10.9 Å². The van der Waals surface area contributed by atoms with Crippen molar-refractivity contribution in [1.82, 2.24) is 15.4 Å². The molecule has 2 aromatic rings. The summed E-state index contributed by atoms with van der Waals surface area (Å²) in [6.45, 7) is 0. The van der Waals surface area contributed by atoms with Crippen molar-refractivity contribution in [2.45, 2.75) is 0 Å². The Balaban J connectivity index is 1.87.